The Bertz CT molecular complexity index is 511. The molecule has 0 spiro atoms. The average molecular weight is 202 g/mol. The Morgan fingerprint density at radius 3 is 2.80 bits per heavy atom. The van der Waals surface area contributed by atoms with Crippen LogP contribution in [0.3, 0.4) is 0 Å². The minimum Gasteiger partial charge on any atom is -0.351 e. The maximum absolute atomic E-state index is 11.7. The van der Waals surface area contributed by atoms with E-state index in [4.69, 9.17) is 5.73 Å². The van der Waals surface area contributed by atoms with E-state index in [0.717, 1.165) is 10.9 Å². The van der Waals surface area contributed by atoms with Gasteiger partial charge in [0.2, 0.25) is 0 Å². The zero-order valence-corrected chi connectivity index (χ0v) is 8.90. The van der Waals surface area contributed by atoms with Crippen molar-refractivity contribution in [1.82, 2.24) is 4.57 Å². The van der Waals surface area contributed by atoms with Gasteiger partial charge in [-0.25, -0.2) is 0 Å². The van der Waals surface area contributed by atoms with Crippen molar-refractivity contribution >= 4 is 16.7 Å². The lowest BCUT2D eigenvalue weighted by Gasteiger charge is -2.04. The number of nitrogens with zero attached hydrogens (tertiary/aromatic N) is 1. The molecule has 15 heavy (non-hydrogen) atoms. The lowest BCUT2D eigenvalue weighted by molar-refractivity contribution is 0.0968. The van der Waals surface area contributed by atoms with E-state index in [1.807, 2.05) is 42.1 Å². The van der Waals surface area contributed by atoms with Gasteiger partial charge in [0.05, 0.1) is 6.04 Å². The molecule has 1 unspecified atom stereocenters. The molecule has 3 heteroatoms. The zero-order chi connectivity index (χ0) is 11.0. The number of hydrogen-bond donors (Lipinski definition) is 1. The van der Waals surface area contributed by atoms with E-state index in [2.05, 4.69) is 0 Å². The average Bonchev–Trinajstić information content (AvgIpc) is 2.59. The maximum Gasteiger partial charge on any atom is 0.179 e. The highest BCUT2D eigenvalue weighted by molar-refractivity contribution is 6.02. The topological polar surface area (TPSA) is 48.0 Å². The van der Waals surface area contributed by atoms with Crippen molar-refractivity contribution in [3.8, 4) is 0 Å². The molecule has 0 saturated carbocycles. The van der Waals surface area contributed by atoms with Crippen LogP contribution in [-0.4, -0.2) is 16.4 Å². The number of carbonyl (C=O) groups is 1. The van der Waals surface area contributed by atoms with Gasteiger partial charge in [-0.1, -0.05) is 0 Å². The van der Waals surface area contributed by atoms with Crippen LogP contribution >= 0.6 is 0 Å². The summed E-state index contributed by atoms with van der Waals surface area (Å²) in [5, 5.41) is 1.07. The van der Waals surface area contributed by atoms with Gasteiger partial charge in [-0.3, -0.25) is 4.79 Å². The molecule has 2 aromatic rings. The number of ketones is 1. The second-order valence-corrected chi connectivity index (χ2v) is 3.85. The minimum absolute atomic E-state index is 0.0132. The summed E-state index contributed by atoms with van der Waals surface area (Å²) in [6, 6.07) is 7.22. The Kier molecular flexibility index (Phi) is 2.32. The molecule has 0 bridgehead atoms. The van der Waals surface area contributed by atoms with Gasteiger partial charge in [-0.05, 0) is 31.2 Å². The largest absolute Gasteiger partial charge is 0.351 e. The fourth-order valence-electron chi connectivity index (χ4n) is 1.70. The van der Waals surface area contributed by atoms with Crippen molar-refractivity contribution < 1.29 is 4.79 Å². The Balaban J connectivity index is 2.52. The Labute approximate surface area is 88.5 Å². The number of rotatable bonds is 2. The quantitative estimate of drug-likeness (QED) is 0.753. The SMILES string of the molecule is CC(N)C(=O)c1ccc2c(ccn2C)c1. The van der Waals surface area contributed by atoms with Crippen molar-refractivity contribution in [3.63, 3.8) is 0 Å². The number of benzene rings is 1. The smallest absolute Gasteiger partial charge is 0.179 e. The van der Waals surface area contributed by atoms with Crippen molar-refractivity contribution in [2.75, 3.05) is 0 Å². The number of nitrogens with two attached hydrogens (primary N) is 1. The molecule has 1 aromatic heterocycles. The number of carbonyl (C=O) groups excluding carboxylic acids is 1. The number of hydrogen-bond acceptors (Lipinski definition) is 2. The molecule has 0 amide bonds. The molecule has 3 nitrogen and oxygen atoms in total. The molecular weight excluding hydrogens is 188 g/mol. The summed E-state index contributed by atoms with van der Waals surface area (Å²) in [6.45, 7) is 1.71. The van der Waals surface area contributed by atoms with Crippen molar-refractivity contribution in [1.29, 1.82) is 0 Å². The summed E-state index contributed by atoms with van der Waals surface area (Å²) in [6.07, 6.45) is 1.98. The fraction of sp³-hybridized carbons (Fsp3) is 0.250. The van der Waals surface area contributed by atoms with Crippen LogP contribution in [0.4, 0.5) is 0 Å². The van der Waals surface area contributed by atoms with Gasteiger partial charge in [0.15, 0.2) is 5.78 Å². The molecule has 0 fully saturated rings. The Hall–Kier alpha value is -1.61. The highest BCUT2D eigenvalue weighted by Gasteiger charge is 2.11. The van der Waals surface area contributed by atoms with Gasteiger partial charge in [0.1, 0.15) is 0 Å². The number of aryl methyl sites for hydroxylation is 1. The second kappa shape index (κ2) is 3.51. The molecule has 78 valence electrons. The molecule has 2 rings (SSSR count). The molecule has 0 aliphatic heterocycles. The van der Waals surface area contributed by atoms with Crippen LogP contribution in [0.5, 0.6) is 0 Å². The molecule has 1 atom stereocenters. The Morgan fingerprint density at radius 1 is 1.40 bits per heavy atom. The number of aromatic nitrogens is 1. The minimum atomic E-state index is -0.439. The summed E-state index contributed by atoms with van der Waals surface area (Å²) in [7, 11) is 1.98. The van der Waals surface area contributed by atoms with Crippen LogP contribution in [0.1, 0.15) is 17.3 Å². The van der Waals surface area contributed by atoms with Gasteiger partial charge in [-0.2, -0.15) is 0 Å². The molecule has 0 aliphatic rings. The lowest BCUT2D eigenvalue weighted by atomic mass is 10.0. The predicted molar refractivity (Wildman–Crippen MR) is 60.9 cm³/mol. The fourth-order valence-corrected chi connectivity index (χ4v) is 1.70. The molecule has 1 aromatic carbocycles. The highest BCUT2D eigenvalue weighted by Crippen LogP contribution is 2.17. The van der Waals surface area contributed by atoms with Gasteiger partial charge >= 0.3 is 0 Å². The molecular formula is C12H14N2O. The van der Waals surface area contributed by atoms with E-state index in [9.17, 15) is 4.79 Å². The zero-order valence-electron chi connectivity index (χ0n) is 8.90. The molecule has 1 heterocycles. The van der Waals surface area contributed by atoms with E-state index >= 15 is 0 Å². The number of Topliss-reactive ketones (excluding diaryl/α,β-unsaturated/α-hetero) is 1. The van der Waals surface area contributed by atoms with Gasteiger partial charge in [-0.15, -0.1) is 0 Å². The third-order valence-electron chi connectivity index (χ3n) is 2.58. The second-order valence-electron chi connectivity index (χ2n) is 3.85. The van der Waals surface area contributed by atoms with Crippen LogP contribution in [-0.2, 0) is 7.05 Å². The lowest BCUT2D eigenvalue weighted by Crippen LogP contribution is -2.26. The molecule has 0 aliphatic carbocycles. The summed E-state index contributed by atoms with van der Waals surface area (Å²) < 4.78 is 2.02. The third-order valence-corrected chi connectivity index (χ3v) is 2.58. The highest BCUT2D eigenvalue weighted by atomic mass is 16.1. The van der Waals surface area contributed by atoms with Crippen molar-refractivity contribution in [2.45, 2.75) is 13.0 Å². The van der Waals surface area contributed by atoms with Gasteiger partial charge < -0.3 is 10.3 Å². The van der Waals surface area contributed by atoms with Crippen molar-refractivity contribution in [2.24, 2.45) is 12.8 Å². The van der Waals surface area contributed by atoms with Crippen LogP contribution < -0.4 is 5.73 Å². The summed E-state index contributed by atoms with van der Waals surface area (Å²) >= 11 is 0. The van der Waals surface area contributed by atoms with E-state index in [1.165, 1.54) is 0 Å². The van der Waals surface area contributed by atoms with Crippen LogP contribution in [0, 0.1) is 0 Å². The van der Waals surface area contributed by atoms with E-state index < -0.39 is 6.04 Å². The first-order chi connectivity index (χ1) is 7.09. The van der Waals surface area contributed by atoms with Gasteiger partial charge in [0, 0.05) is 29.7 Å². The first-order valence-electron chi connectivity index (χ1n) is 4.94. The summed E-state index contributed by atoms with van der Waals surface area (Å²) in [5.41, 5.74) is 7.37. The monoisotopic (exact) mass is 202 g/mol. The third kappa shape index (κ3) is 1.66. The number of fused-ring (bicyclic) bond motifs is 1. The van der Waals surface area contributed by atoms with E-state index in [-0.39, 0.29) is 5.78 Å². The molecule has 0 radical (unpaired) electrons. The van der Waals surface area contributed by atoms with Crippen LogP contribution in [0.25, 0.3) is 10.9 Å². The van der Waals surface area contributed by atoms with Gasteiger partial charge in [0.25, 0.3) is 0 Å². The maximum atomic E-state index is 11.7. The van der Waals surface area contributed by atoms with Crippen LogP contribution in [0.15, 0.2) is 30.5 Å². The Morgan fingerprint density at radius 2 is 2.13 bits per heavy atom. The summed E-state index contributed by atoms with van der Waals surface area (Å²) in [4.78, 5) is 11.7. The normalized spacial score (nSPS) is 13.0. The first-order valence-corrected chi connectivity index (χ1v) is 4.94. The van der Waals surface area contributed by atoms with Crippen molar-refractivity contribution in [3.05, 3.63) is 36.0 Å². The molecule has 0 saturated heterocycles. The summed E-state index contributed by atoms with van der Waals surface area (Å²) in [5.74, 6) is -0.0132. The predicted octanol–water partition coefficient (Wildman–Crippen LogP) is 1.71. The van der Waals surface area contributed by atoms with Crippen LogP contribution in [0.2, 0.25) is 0 Å². The first kappa shape index (κ1) is 9.93. The standard InChI is InChI=1S/C12H14N2O/c1-8(13)12(15)10-3-4-11-9(7-10)5-6-14(11)2/h3-8H,13H2,1-2H3. The van der Waals surface area contributed by atoms with E-state index in [1.54, 1.807) is 6.92 Å². The van der Waals surface area contributed by atoms with E-state index in [0.29, 0.717) is 5.56 Å². The molecule has 2 N–H and O–H groups in total.